The molecule has 0 unspecified atom stereocenters. The molecule has 4 saturated carbocycles. The zero-order chi connectivity index (χ0) is 25.8. The van der Waals surface area contributed by atoms with Crippen LogP contribution in [0.5, 0.6) is 0 Å². The Kier molecular flexibility index (Phi) is 9.75. The first kappa shape index (κ1) is 30.8. The van der Waals surface area contributed by atoms with Gasteiger partial charge < -0.3 is 20.6 Å². The molecule has 1 amide bonds. The van der Waals surface area contributed by atoms with Crippen LogP contribution in [0, 0.1) is 46.3 Å². The molecule has 11 atom stereocenters. The van der Waals surface area contributed by atoms with Crippen LogP contribution < -0.4 is 5.32 Å². The molecule has 10 heteroatoms. The topological polar surface area (TPSA) is 144 Å². The fourth-order valence-corrected chi connectivity index (χ4v) is 9.46. The number of carbonyl (C=O) groups excluding carboxylic acids is 1. The van der Waals surface area contributed by atoms with Crippen molar-refractivity contribution in [2.24, 2.45) is 46.3 Å². The van der Waals surface area contributed by atoms with Crippen LogP contribution in [-0.4, -0.2) is 94.4 Å². The van der Waals surface area contributed by atoms with Gasteiger partial charge in [0.15, 0.2) is 0 Å². The predicted molar refractivity (Wildman–Crippen MR) is 138 cm³/mol. The van der Waals surface area contributed by atoms with Gasteiger partial charge in [0.25, 0.3) is 10.1 Å². The second-order valence-corrected chi connectivity index (χ2v) is 14.2. The largest absolute Gasteiger partial charge is 0.393 e. The van der Waals surface area contributed by atoms with Gasteiger partial charge in [0.1, 0.15) is 0 Å². The number of nitrogens with one attached hydrogen (secondary N) is 1. The second kappa shape index (κ2) is 11.4. The Balaban J connectivity index is 0.00000361. The average Bonchev–Trinajstić information content (AvgIpc) is 3.12. The summed E-state index contributed by atoms with van der Waals surface area (Å²) in [7, 11) is -4.10. The van der Waals surface area contributed by atoms with Gasteiger partial charge in [-0.1, -0.05) is 20.8 Å². The number of aliphatic hydroxyl groups is 3. The number of amides is 1. The van der Waals surface area contributed by atoms with Crippen molar-refractivity contribution >= 4 is 45.6 Å². The van der Waals surface area contributed by atoms with Crippen molar-refractivity contribution in [2.45, 2.75) is 96.9 Å². The maximum atomic E-state index is 12.2. The predicted octanol–water partition coefficient (Wildman–Crippen LogP) is 1.99. The number of aliphatic hydroxyl groups excluding tert-OH is 3. The Bertz CT molecular complexity index is 903. The summed E-state index contributed by atoms with van der Waals surface area (Å²) in [5.74, 6) is 0.705. The molecule has 0 aromatic rings. The standard InChI is InChI=1S/C26H45NO7S.Na/c1-15(4-7-23(31)27-10-11-35(32,33)34)18-5-6-19-24-20(14-22(30)26(18,19)3)25(2)9-8-17(28)12-16(25)13-21(24)29;/h15-22,24,28-30H,4-14H2,1-3H3,(H,27,31)(H,32,33,34);/t15-,16+,17-,18-,19+,20+,21-,22+,24+,25+,26-;/m1./s1/i10+1,11+1,27+1;. The van der Waals surface area contributed by atoms with E-state index in [1.165, 1.54) is 0 Å². The summed E-state index contributed by atoms with van der Waals surface area (Å²) in [4.78, 5) is 12.2. The maximum Gasteiger partial charge on any atom is 0.266 e. The second-order valence-electron chi connectivity index (χ2n) is 12.7. The van der Waals surface area contributed by atoms with Crippen LogP contribution in [0.3, 0.4) is 0 Å². The van der Waals surface area contributed by atoms with E-state index in [1.54, 1.807) is 0 Å². The van der Waals surface area contributed by atoms with E-state index in [2.05, 4.69) is 26.1 Å². The van der Waals surface area contributed by atoms with E-state index in [9.17, 15) is 28.5 Å². The Morgan fingerprint density at radius 3 is 2.42 bits per heavy atom. The van der Waals surface area contributed by atoms with Crippen LogP contribution in [0.25, 0.3) is 0 Å². The molecule has 1 radical (unpaired) electrons. The fourth-order valence-electron chi connectivity index (χ4n) is 9.10. The molecule has 0 aromatic heterocycles. The SMILES string of the molecule is C[C@H](CCC(=O)[15NH][13CH2][13CH2]S(=O)(=O)O)[C@H]1CC[C@H]2[C@@H]3[C@H](O)C[C@@H]4C[C@H](O)CC[C@]4(C)[C@H]3C[C@H](O)[C@]12C.[Na]. The smallest absolute Gasteiger partial charge is 0.266 e. The summed E-state index contributed by atoms with van der Waals surface area (Å²) in [6, 6.07) is 0. The molecule has 0 bridgehead atoms. The van der Waals surface area contributed by atoms with E-state index >= 15 is 0 Å². The number of fused-ring (bicyclic) bond motifs is 5. The van der Waals surface area contributed by atoms with Gasteiger partial charge in [-0.15, -0.1) is 0 Å². The summed E-state index contributed by atoms with van der Waals surface area (Å²) in [6.07, 6.45) is 5.67. The third kappa shape index (κ3) is 5.74. The van der Waals surface area contributed by atoms with Crippen molar-refractivity contribution in [1.82, 2.24) is 5.32 Å². The molecule has 0 spiro atoms. The molecular weight excluding hydrogens is 496 g/mol. The van der Waals surface area contributed by atoms with Crippen LogP contribution >= 0.6 is 0 Å². The first-order valence-corrected chi connectivity index (χ1v) is 15.1. The summed E-state index contributed by atoms with van der Waals surface area (Å²) >= 11 is 0. The van der Waals surface area contributed by atoms with Crippen LogP contribution in [0.4, 0.5) is 0 Å². The molecular formula is C26H45NNaO7S. The summed E-state index contributed by atoms with van der Waals surface area (Å²) < 4.78 is 30.5. The molecule has 4 aliphatic carbocycles. The minimum atomic E-state index is -4.10. The van der Waals surface area contributed by atoms with Gasteiger partial charge >= 0.3 is 0 Å². The van der Waals surface area contributed by atoms with Crippen molar-refractivity contribution in [2.75, 3.05) is 12.3 Å². The van der Waals surface area contributed by atoms with Crippen LogP contribution in [0.1, 0.15) is 78.6 Å². The van der Waals surface area contributed by atoms with Gasteiger partial charge in [0.05, 0.1) is 24.1 Å². The minimum Gasteiger partial charge on any atom is -0.393 e. The molecule has 4 rings (SSSR count). The summed E-state index contributed by atoms with van der Waals surface area (Å²) in [6.45, 7) is 6.56. The summed E-state index contributed by atoms with van der Waals surface area (Å²) in [5.41, 5.74) is -0.254. The first-order chi connectivity index (χ1) is 16.3. The van der Waals surface area contributed by atoms with Gasteiger partial charge in [-0.3, -0.25) is 9.35 Å². The number of hydrogen-bond donors (Lipinski definition) is 5. The summed E-state index contributed by atoms with van der Waals surface area (Å²) in [5, 5.41) is 35.8. The van der Waals surface area contributed by atoms with E-state index < -0.39 is 28.1 Å². The van der Waals surface area contributed by atoms with Crippen LogP contribution in [-0.2, 0) is 14.9 Å². The third-order valence-electron chi connectivity index (χ3n) is 11.0. The monoisotopic (exact) mass is 541 g/mol. The van der Waals surface area contributed by atoms with E-state index in [0.717, 1.165) is 38.5 Å². The Morgan fingerprint density at radius 2 is 1.75 bits per heavy atom. The minimum absolute atomic E-state index is 0. The molecule has 4 fully saturated rings. The number of rotatable bonds is 7. The normalized spacial score (nSPS) is 45.0. The van der Waals surface area contributed by atoms with E-state index in [4.69, 9.17) is 4.55 Å². The van der Waals surface area contributed by atoms with Gasteiger partial charge in [-0.05, 0) is 97.7 Å². The third-order valence-corrected chi connectivity index (χ3v) is 11.7. The molecule has 5 N–H and O–H groups in total. The van der Waals surface area contributed by atoms with Crippen molar-refractivity contribution in [3.63, 3.8) is 0 Å². The van der Waals surface area contributed by atoms with E-state index in [-0.39, 0.29) is 95.0 Å². The molecule has 0 aliphatic heterocycles. The zero-order valence-electron chi connectivity index (χ0n) is 22.4. The van der Waals surface area contributed by atoms with Gasteiger partial charge in [-0.25, -0.2) is 0 Å². The maximum absolute atomic E-state index is 12.2. The van der Waals surface area contributed by atoms with Crippen molar-refractivity contribution in [3.8, 4) is 0 Å². The quantitative estimate of drug-likeness (QED) is 0.143. The molecule has 0 heterocycles. The van der Waals surface area contributed by atoms with E-state index in [1.807, 2.05) is 0 Å². The van der Waals surface area contributed by atoms with Crippen molar-refractivity contribution in [1.29, 1.82) is 0 Å². The van der Waals surface area contributed by atoms with Gasteiger partial charge in [0, 0.05) is 42.5 Å². The molecule has 8 nitrogen and oxygen atoms in total. The molecule has 36 heavy (non-hydrogen) atoms. The first-order valence-electron chi connectivity index (χ1n) is 13.5. The van der Waals surface area contributed by atoms with Crippen molar-refractivity contribution < 1.29 is 33.1 Å². The average molecular weight is 542 g/mol. The van der Waals surface area contributed by atoms with Crippen LogP contribution in [0.2, 0.25) is 0 Å². The number of hydrogen-bond acceptors (Lipinski definition) is 6. The van der Waals surface area contributed by atoms with Crippen LogP contribution in [0.15, 0.2) is 0 Å². The van der Waals surface area contributed by atoms with Gasteiger partial charge in [0.2, 0.25) is 5.91 Å². The Morgan fingerprint density at radius 1 is 1.06 bits per heavy atom. The van der Waals surface area contributed by atoms with Crippen molar-refractivity contribution in [3.05, 3.63) is 0 Å². The Hall–Kier alpha value is 0.260. The molecule has 4 aliphatic rings. The van der Waals surface area contributed by atoms with E-state index in [0.29, 0.717) is 18.8 Å². The number of carbonyl (C=O) groups is 1. The van der Waals surface area contributed by atoms with Gasteiger partial charge in [-0.2, -0.15) is 8.42 Å². The fraction of sp³-hybridized carbons (Fsp3) is 0.962. The zero-order valence-corrected chi connectivity index (χ0v) is 25.2. The molecule has 0 aromatic carbocycles. The molecule has 0 saturated heterocycles. The molecule has 203 valence electrons. The Labute approximate surface area is 238 Å².